The van der Waals surface area contributed by atoms with Crippen molar-refractivity contribution in [2.45, 2.75) is 24.6 Å². The SMILES string of the molecule is Cc1ccc(CSc2nc3ccccc3n3nnnc23)cc1C. The predicted molar refractivity (Wildman–Crippen MR) is 91.6 cm³/mol. The average molecular weight is 321 g/mol. The predicted octanol–water partition coefficient (Wildman–Crippen LogP) is 3.58. The summed E-state index contributed by atoms with van der Waals surface area (Å²) < 4.78 is 1.76. The van der Waals surface area contributed by atoms with Crippen molar-refractivity contribution in [2.75, 3.05) is 0 Å². The van der Waals surface area contributed by atoms with Crippen LogP contribution < -0.4 is 0 Å². The molecule has 0 bridgehead atoms. The first kappa shape index (κ1) is 14.1. The maximum Gasteiger partial charge on any atom is 0.212 e. The van der Waals surface area contributed by atoms with Crippen molar-refractivity contribution in [3.8, 4) is 0 Å². The fraction of sp³-hybridized carbons (Fsp3) is 0.176. The molecule has 0 radical (unpaired) electrons. The lowest BCUT2D eigenvalue weighted by Crippen LogP contribution is -1.96. The van der Waals surface area contributed by atoms with Crippen LogP contribution in [-0.4, -0.2) is 25.0 Å². The van der Waals surface area contributed by atoms with Gasteiger partial charge in [-0.1, -0.05) is 42.1 Å². The topological polar surface area (TPSA) is 56.0 Å². The maximum absolute atomic E-state index is 4.73. The molecule has 4 aromatic rings. The molecule has 4 rings (SSSR count). The molecule has 0 aliphatic rings. The molecule has 6 heteroatoms. The minimum Gasteiger partial charge on any atom is -0.236 e. The third kappa shape index (κ3) is 2.55. The Bertz CT molecular complexity index is 1010. The number of benzene rings is 2. The van der Waals surface area contributed by atoms with E-state index in [0.717, 1.165) is 21.8 Å². The molecule has 0 atom stereocenters. The number of aryl methyl sites for hydroxylation is 2. The Morgan fingerprint density at radius 2 is 1.91 bits per heavy atom. The van der Waals surface area contributed by atoms with Crippen LogP contribution in [0.2, 0.25) is 0 Å². The number of hydrogen-bond acceptors (Lipinski definition) is 5. The molecule has 0 saturated carbocycles. The van der Waals surface area contributed by atoms with Gasteiger partial charge in [-0.3, -0.25) is 0 Å². The second-order valence-corrected chi connectivity index (χ2v) is 6.49. The zero-order valence-corrected chi connectivity index (χ0v) is 13.7. The number of rotatable bonds is 3. The Morgan fingerprint density at radius 3 is 2.78 bits per heavy atom. The molecule has 0 aliphatic heterocycles. The molecule has 23 heavy (non-hydrogen) atoms. The second kappa shape index (κ2) is 5.62. The maximum atomic E-state index is 4.73. The van der Waals surface area contributed by atoms with E-state index in [9.17, 15) is 0 Å². The highest BCUT2D eigenvalue weighted by Crippen LogP contribution is 2.27. The van der Waals surface area contributed by atoms with Crippen molar-refractivity contribution in [3.05, 3.63) is 59.2 Å². The van der Waals surface area contributed by atoms with Gasteiger partial charge in [0.15, 0.2) is 0 Å². The van der Waals surface area contributed by atoms with Crippen molar-refractivity contribution in [3.63, 3.8) is 0 Å². The highest BCUT2D eigenvalue weighted by atomic mass is 32.2. The third-order valence-corrected chi connectivity index (χ3v) is 4.96. The van der Waals surface area contributed by atoms with E-state index in [1.54, 1.807) is 16.3 Å². The van der Waals surface area contributed by atoms with Gasteiger partial charge in [-0.15, -0.1) is 5.10 Å². The van der Waals surface area contributed by atoms with Crippen molar-refractivity contribution >= 4 is 28.4 Å². The minimum atomic E-state index is 0.706. The van der Waals surface area contributed by atoms with Crippen LogP contribution in [0, 0.1) is 13.8 Å². The van der Waals surface area contributed by atoms with Crippen LogP contribution in [0.15, 0.2) is 47.5 Å². The molecule has 2 aromatic heterocycles. The van der Waals surface area contributed by atoms with E-state index in [2.05, 4.69) is 47.6 Å². The van der Waals surface area contributed by atoms with E-state index in [1.165, 1.54) is 16.7 Å². The second-order valence-electron chi connectivity index (χ2n) is 5.53. The molecular formula is C17H15N5S. The first-order valence-electron chi connectivity index (χ1n) is 7.38. The average Bonchev–Trinajstić information content (AvgIpc) is 3.06. The quantitative estimate of drug-likeness (QED) is 0.540. The Hall–Kier alpha value is -2.47. The van der Waals surface area contributed by atoms with E-state index < -0.39 is 0 Å². The standard InChI is InChI=1S/C17H15N5S/c1-11-7-8-13(9-12(11)2)10-23-17-16-19-20-21-22(16)15-6-4-3-5-14(15)18-17/h3-9H,10H2,1-2H3. The highest BCUT2D eigenvalue weighted by Gasteiger charge is 2.12. The molecule has 0 amide bonds. The van der Waals surface area contributed by atoms with Crippen molar-refractivity contribution < 1.29 is 0 Å². The summed E-state index contributed by atoms with van der Waals surface area (Å²) in [6.07, 6.45) is 0. The van der Waals surface area contributed by atoms with Crippen LogP contribution >= 0.6 is 11.8 Å². The number of thioether (sulfide) groups is 1. The van der Waals surface area contributed by atoms with Gasteiger partial charge >= 0.3 is 0 Å². The first-order valence-corrected chi connectivity index (χ1v) is 8.37. The zero-order valence-electron chi connectivity index (χ0n) is 12.9. The van der Waals surface area contributed by atoms with Gasteiger partial charge in [-0.2, -0.15) is 4.52 Å². The van der Waals surface area contributed by atoms with E-state index >= 15 is 0 Å². The number of tetrazole rings is 1. The summed E-state index contributed by atoms with van der Waals surface area (Å²) in [6.45, 7) is 4.26. The number of para-hydroxylation sites is 2. The van der Waals surface area contributed by atoms with Gasteiger partial charge in [0.2, 0.25) is 5.65 Å². The summed E-state index contributed by atoms with van der Waals surface area (Å²) >= 11 is 1.66. The lowest BCUT2D eigenvalue weighted by Gasteiger charge is -2.07. The van der Waals surface area contributed by atoms with Crippen LogP contribution in [-0.2, 0) is 5.75 Å². The number of nitrogens with zero attached hydrogens (tertiary/aromatic N) is 5. The van der Waals surface area contributed by atoms with Gasteiger partial charge in [0.25, 0.3) is 0 Å². The molecule has 0 N–H and O–H groups in total. The first-order chi connectivity index (χ1) is 11.2. The van der Waals surface area contributed by atoms with Crippen LogP contribution in [0.1, 0.15) is 16.7 Å². The van der Waals surface area contributed by atoms with Gasteiger partial charge < -0.3 is 0 Å². The number of hydrogen-bond donors (Lipinski definition) is 0. The zero-order chi connectivity index (χ0) is 15.8. The molecule has 0 spiro atoms. The highest BCUT2D eigenvalue weighted by molar-refractivity contribution is 7.98. The van der Waals surface area contributed by atoms with Crippen LogP contribution in [0.4, 0.5) is 0 Å². The van der Waals surface area contributed by atoms with Gasteiger partial charge in [-0.05, 0) is 53.1 Å². The molecule has 2 aromatic carbocycles. The Labute approximate surface area is 137 Å². The Morgan fingerprint density at radius 1 is 1.04 bits per heavy atom. The smallest absolute Gasteiger partial charge is 0.212 e. The third-order valence-electron chi connectivity index (χ3n) is 3.94. The fourth-order valence-electron chi connectivity index (χ4n) is 2.52. The Balaban J connectivity index is 1.72. The normalized spacial score (nSPS) is 11.4. The molecule has 0 fully saturated rings. The van der Waals surface area contributed by atoms with Crippen LogP contribution in [0.25, 0.3) is 16.7 Å². The van der Waals surface area contributed by atoms with Gasteiger partial charge in [0.05, 0.1) is 11.0 Å². The molecule has 114 valence electrons. The molecule has 0 unspecified atom stereocenters. The molecular weight excluding hydrogens is 306 g/mol. The summed E-state index contributed by atoms with van der Waals surface area (Å²) in [5.74, 6) is 0.842. The lowest BCUT2D eigenvalue weighted by atomic mass is 10.1. The summed E-state index contributed by atoms with van der Waals surface area (Å²) in [5, 5.41) is 12.9. The summed E-state index contributed by atoms with van der Waals surface area (Å²) in [6, 6.07) is 14.4. The molecule has 0 saturated heterocycles. The molecule has 2 heterocycles. The van der Waals surface area contributed by atoms with Crippen LogP contribution in [0.3, 0.4) is 0 Å². The van der Waals surface area contributed by atoms with Crippen LogP contribution in [0.5, 0.6) is 0 Å². The van der Waals surface area contributed by atoms with Crippen molar-refractivity contribution in [2.24, 2.45) is 0 Å². The van der Waals surface area contributed by atoms with E-state index in [0.29, 0.717) is 5.65 Å². The van der Waals surface area contributed by atoms with E-state index in [4.69, 9.17) is 4.98 Å². The molecule has 0 aliphatic carbocycles. The van der Waals surface area contributed by atoms with Gasteiger partial charge in [0, 0.05) is 5.75 Å². The lowest BCUT2D eigenvalue weighted by molar-refractivity contribution is 0.839. The molecule has 5 nitrogen and oxygen atoms in total. The Kier molecular flexibility index (Phi) is 3.46. The number of aromatic nitrogens is 5. The summed E-state index contributed by atoms with van der Waals surface area (Å²) in [7, 11) is 0. The summed E-state index contributed by atoms with van der Waals surface area (Å²) in [5.41, 5.74) is 6.42. The van der Waals surface area contributed by atoms with Crippen molar-refractivity contribution in [1.29, 1.82) is 0 Å². The summed E-state index contributed by atoms with van der Waals surface area (Å²) in [4.78, 5) is 4.73. The largest absolute Gasteiger partial charge is 0.236 e. The van der Waals surface area contributed by atoms with E-state index in [-0.39, 0.29) is 0 Å². The number of fused-ring (bicyclic) bond motifs is 3. The van der Waals surface area contributed by atoms with E-state index in [1.807, 2.05) is 24.3 Å². The van der Waals surface area contributed by atoms with Gasteiger partial charge in [-0.25, -0.2) is 4.98 Å². The van der Waals surface area contributed by atoms with Crippen molar-refractivity contribution in [1.82, 2.24) is 25.0 Å². The minimum absolute atomic E-state index is 0.706. The van der Waals surface area contributed by atoms with Gasteiger partial charge in [0.1, 0.15) is 5.03 Å². The fourth-order valence-corrected chi connectivity index (χ4v) is 3.42. The monoisotopic (exact) mass is 321 g/mol.